The van der Waals surface area contributed by atoms with Gasteiger partial charge in [0.2, 0.25) is 0 Å². The fourth-order valence-corrected chi connectivity index (χ4v) is 3.89. The van der Waals surface area contributed by atoms with Crippen LogP contribution in [0.15, 0.2) is 59.5 Å². The topological polar surface area (TPSA) is 41.3 Å². The second-order valence-electron chi connectivity index (χ2n) is 4.88. The third-order valence-electron chi connectivity index (χ3n) is 3.45. The summed E-state index contributed by atoms with van der Waals surface area (Å²) in [5.74, 6) is 0. The number of nitrogens with two attached hydrogens (primary N) is 1. The minimum absolute atomic E-state index is 0.0728. The summed E-state index contributed by atoms with van der Waals surface area (Å²) in [7, 11) is 0. The molecule has 0 aliphatic carbocycles. The number of hydrogen-bond donors (Lipinski definition) is 2. The number of anilines is 1. The van der Waals surface area contributed by atoms with Gasteiger partial charge >= 0.3 is 0 Å². The number of nitrogens with one attached hydrogen (secondary N) is 1. The normalized spacial score (nSPS) is 16.6. The van der Waals surface area contributed by atoms with E-state index in [1.807, 2.05) is 6.07 Å². The van der Waals surface area contributed by atoms with Crippen LogP contribution in [0.25, 0.3) is 0 Å². The Balaban J connectivity index is 1.77. The molecular formula is C16H17N3S2. The molecule has 0 spiro atoms. The van der Waals surface area contributed by atoms with Crippen molar-refractivity contribution in [2.45, 2.75) is 16.8 Å². The van der Waals surface area contributed by atoms with Gasteiger partial charge in [-0.15, -0.1) is 0 Å². The Bertz CT molecular complexity index is 630. The third kappa shape index (κ3) is 3.31. The lowest BCUT2D eigenvalue weighted by atomic mass is 10.1. The van der Waals surface area contributed by atoms with Gasteiger partial charge < -0.3 is 16.0 Å². The van der Waals surface area contributed by atoms with Crippen molar-refractivity contribution < 1.29 is 0 Å². The fraction of sp³-hybridized carbons (Fsp3) is 0.188. The minimum Gasteiger partial charge on any atom is -0.376 e. The lowest BCUT2D eigenvalue weighted by Gasteiger charge is -2.27. The molecule has 0 saturated heterocycles. The van der Waals surface area contributed by atoms with Gasteiger partial charge in [0.15, 0.2) is 10.6 Å². The smallest absolute Gasteiger partial charge is 0.165 e. The average molecular weight is 315 g/mol. The zero-order valence-corrected chi connectivity index (χ0v) is 13.2. The summed E-state index contributed by atoms with van der Waals surface area (Å²) in [6.45, 7) is 0.925. The molecule has 1 unspecified atom stereocenters. The Hall–Kier alpha value is -1.72. The van der Waals surface area contributed by atoms with E-state index < -0.39 is 0 Å². The number of nitrogens with zero attached hydrogens (tertiary/aromatic N) is 1. The van der Waals surface area contributed by atoms with Crippen LogP contribution in [0.4, 0.5) is 5.69 Å². The van der Waals surface area contributed by atoms with E-state index >= 15 is 0 Å². The minimum atomic E-state index is 0.0728. The predicted molar refractivity (Wildman–Crippen MR) is 93.5 cm³/mol. The molecule has 5 heteroatoms. The van der Waals surface area contributed by atoms with Gasteiger partial charge in [-0.3, -0.25) is 0 Å². The monoisotopic (exact) mass is 315 g/mol. The van der Waals surface area contributed by atoms with Gasteiger partial charge in [-0.05, 0) is 36.3 Å². The van der Waals surface area contributed by atoms with Crippen molar-refractivity contribution in [3.8, 4) is 0 Å². The Morgan fingerprint density at radius 1 is 1.14 bits per heavy atom. The van der Waals surface area contributed by atoms with E-state index in [0.717, 1.165) is 13.0 Å². The van der Waals surface area contributed by atoms with Crippen molar-refractivity contribution in [1.29, 1.82) is 0 Å². The summed E-state index contributed by atoms with van der Waals surface area (Å²) in [6.07, 6.45) is 0.991. The van der Waals surface area contributed by atoms with Crippen LogP contribution in [0.3, 0.4) is 0 Å². The van der Waals surface area contributed by atoms with E-state index in [9.17, 15) is 0 Å². The van der Waals surface area contributed by atoms with Gasteiger partial charge in [0, 0.05) is 11.4 Å². The first-order valence-corrected chi connectivity index (χ1v) is 8.15. The van der Waals surface area contributed by atoms with Crippen LogP contribution in [0.2, 0.25) is 0 Å². The molecule has 0 saturated carbocycles. The molecule has 3 rings (SSSR count). The van der Waals surface area contributed by atoms with Crippen molar-refractivity contribution in [2.75, 3.05) is 11.4 Å². The van der Waals surface area contributed by atoms with Crippen LogP contribution in [0.5, 0.6) is 0 Å². The van der Waals surface area contributed by atoms with E-state index in [0.29, 0.717) is 5.11 Å². The molecule has 3 N–H and O–H groups in total. The Morgan fingerprint density at radius 3 is 2.62 bits per heavy atom. The highest BCUT2D eigenvalue weighted by atomic mass is 32.2. The van der Waals surface area contributed by atoms with Crippen molar-refractivity contribution >= 4 is 34.8 Å². The zero-order valence-electron chi connectivity index (χ0n) is 11.5. The maximum atomic E-state index is 5.66. The Labute approximate surface area is 134 Å². The average Bonchev–Trinajstić information content (AvgIpc) is 2.82. The van der Waals surface area contributed by atoms with Gasteiger partial charge in [-0.1, -0.05) is 54.2 Å². The Kier molecular flexibility index (Phi) is 4.31. The molecule has 21 heavy (non-hydrogen) atoms. The summed E-state index contributed by atoms with van der Waals surface area (Å²) in [6, 6.07) is 18.9. The van der Waals surface area contributed by atoms with Crippen molar-refractivity contribution in [3.05, 3.63) is 60.2 Å². The number of fused-ring (bicyclic) bond motifs is 1. The second-order valence-corrected chi connectivity index (χ2v) is 6.44. The molecule has 0 aromatic heterocycles. The first kappa shape index (κ1) is 14.2. The molecule has 2 aromatic carbocycles. The molecular weight excluding hydrogens is 298 g/mol. The fourth-order valence-electron chi connectivity index (χ4n) is 2.47. The standard InChI is InChI=1S/C16H17N3S2/c17-15(20)18-16-19(11-10-12-6-2-1-3-7-12)13-8-4-5-9-14(13)21-16/h1-9,16H,10-11H2,(H3,17,18,20). The van der Waals surface area contributed by atoms with Gasteiger partial charge in [-0.25, -0.2) is 0 Å². The maximum absolute atomic E-state index is 5.66. The predicted octanol–water partition coefficient (Wildman–Crippen LogP) is 2.96. The van der Waals surface area contributed by atoms with E-state index in [1.165, 1.54) is 16.1 Å². The molecule has 0 radical (unpaired) electrons. The lowest BCUT2D eigenvalue weighted by molar-refractivity contribution is 0.718. The summed E-state index contributed by atoms with van der Waals surface area (Å²) >= 11 is 6.76. The molecule has 2 aromatic rings. The van der Waals surface area contributed by atoms with Crippen LogP contribution >= 0.6 is 24.0 Å². The second kappa shape index (κ2) is 6.37. The highest BCUT2D eigenvalue weighted by molar-refractivity contribution is 8.00. The SMILES string of the molecule is NC(=S)NC1Sc2ccccc2N1CCc1ccccc1. The van der Waals surface area contributed by atoms with Gasteiger partial charge in [-0.2, -0.15) is 0 Å². The van der Waals surface area contributed by atoms with Gasteiger partial charge in [0.1, 0.15) is 0 Å². The molecule has 3 nitrogen and oxygen atoms in total. The van der Waals surface area contributed by atoms with Gasteiger partial charge in [0.25, 0.3) is 0 Å². The van der Waals surface area contributed by atoms with E-state index in [4.69, 9.17) is 18.0 Å². The third-order valence-corrected chi connectivity index (χ3v) is 4.76. The molecule has 0 bridgehead atoms. The van der Waals surface area contributed by atoms with E-state index in [1.54, 1.807) is 11.8 Å². The number of rotatable bonds is 4. The first-order valence-electron chi connectivity index (χ1n) is 6.86. The van der Waals surface area contributed by atoms with Crippen LogP contribution in [0, 0.1) is 0 Å². The molecule has 0 fully saturated rings. The summed E-state index contributed by atoms with van der Waals surface area (Å²) in [5.41, 5.74) is 8.31. The Morgan fingerprint density at radius 2 is 1.86 bits per heavy atom. The highest BCUT2D eigenvalue weighted by Gasteiger charge is 2.29. The summed E-state index contributed by atoms with van der Waals surface area (Å²) < 4.78 is 0. The molecule has 1 aliphatic heterocycles. The van der Waals surface area contributed by atoms with Crippen LogP contribution in [-0.2, 0) is 6.42 Å². The molecule has 0 amide bonds. The van der Waals surface area contributed by atoms with Gasteiger partial charge in [0.05, 0.1) is 5.69 Å². The van der Waals surface area contributed by atoms with E-state index in [2.05, 4.69) is 58.7 Å². The number of thioether (sulfide) groups is 1. The van der Waals surface area contributed by atoms with Crippen molar-refractivity contribution in [2.24, 2.45) is 5.73 Å². The van der Waals surface area contributed by atoms with Crippen LogP contribution in [0.1, 0.15) is 5.56 Å². The lowest BCUT2D eigenvalue weighted by Crippen LogP contribution is -2.46. The molecule has 1 atom stereocenters. The molecule has 108 valence electrons. The first-order chi connectivity index (χ1) is 10.2. The van der Waals surface area contributed by atoms with Crippen LogP contribution < -0.4 is 16.0 Å². The summed E-state index contributed by atoms with van der Waals surface area (Å²) in [4.78, 5) is 3.59. The molecule has 1 aliphatic rings. The maximum Gasteiger partial charge on any atom is 0.165 e. The van der Waals surface area contributed by atoms with Crippen LogP contribution in [-0.4, -0.2) is 17.2 Å². The van der Waals surface area contributed by atoms with Crippen molar-refractivity contribution in [1.82, 2.24) is 5.32 Å². The van der Waals surface area contributed by atoms with E-state index in [-0.39, 0.29) is 5.50 Å². The van der Waals surface area contributed by atoms with Crippen molar-refractivity contribution in [3.63, 3.8) is 0 Å². The summed E-state index contributed by atoms with van der Waals surface area (Å²) in [5, 5.41) is 3.51. The number of benzene rings is 2. The quantitative estimate of drug-likeness (QED) is 0.849. The number of para-hydroxylation sites is 1. The number of hydrogen-bond acceptors (Lipinski definition) is 3. The largest absolute Gasteiger partial charge is 0.376 e. The highest BCUT2D eigenvalue weighted by Crippen LogP contribution is 2.41. The number of thiocarbonyl (C=S) groups is 1. The zero-order chi connectivity index (χ0) is 14.7. The molecule has 1 heterocycles.